The molecule has 2 N–H and O–H groups in total. The number of benzene rings is 1. The molecular weight excluding hydrogens is 262 g/mol. The van der Waals surface area contributed by atoms with Gasteiger partial charge in [0.15, 0.2) is 5.78 Å². The van der Waals surface area contributed by atoms with Gasteiger partial charge < -0.3 is 9.84 Å². The van der Waals surface area contributed by atoms with Crippen molar-refractivity contribution in [3.63, 3.8) is 0 Å². The number of Topliss-reactive ketones (excluding diaryl/α,β-unsaturated/α-hetero) is 1. The Morgan fingerprint density at radius 2 is 1.85 bits per heavy atom. The summed E-state index contributed by atoms with van der Waals surface area (Å²) in [6, 6.07) is 6.13. The molecule has 0 saturated carbocycles. The number of rotatable bonds is 7. The van der Waals surface area contributed by atoms with Crippen LogP contribution >= 0.6 is 0 Å². The van der Waals surface area contributed by atoms with Crippen molar-refractivity contribution in [2.24, 2.45) is 0 Å². The van der Waals surface area contributed by atoms with Gasteiger partial charge >= 0.3 is 12.1 Å². The van der Waals surface area contributed by atoms with Crippen molar-refractivity contribution >= 4 is 23.5 Å². The van der Waals surface area contributed by atoms with Crippen molar-refractivity contribution in [3.8, 4) is 0 Å². The van der Waals surface area contributed by atoms with E-state index in [4.69, 9.17) is 9.84 Å². The average molecular weight is 277 g/mol. The monoisotopic (exact) mass is 277 g/mol. The molecule has 6 heteroatoms. The summed E-state index contributed by atoms with van der Waals surface area (Å²) in [6.07, 6.45) is 0.579. The Morgan fingerprint density at radius 1 is 1.20 bits per heavy atom. The van der Waals surface area contributed by atoms with Gasteiger partial charge in [0.2, 0.25) is 0 Å². The maximum absolute atomic E-state index is 11.6. The topological polar surface area (TPSA) is 92.7 Å². The van der Waals surface area contributed by atoms with Crippen LogP contribution in [0.4, 0.5) is 10.5 Å². The lowest BCUT2D eigenvalue weighted by molar-refractivity contribution is -0.136. The fourth-order valence-electron chi connectivity index (χ4n) is 1.39. The van der Waals surface area contributed by atoms with Crippen LogP contribution < -0.4 is 5.32 Å². The highest BCUT2D eigenvalue weighted by Gasteiger charge is 2.09. The summed E-state index contributed by atoms with van der Waals surface area (Å²) in [5.74, 6) is -1.27. The van der Waals surface area contributed by atoms with Crippen molar-refractivity contribution in [1.29, 1.82) is 0 Å². The largest absolute Gasteiger partial charge is 0.481 e. The van der Waals surface area contributed by atoms with Crippen molar-refractivity contribution < 1.29 is 24.2 Å². The van der Waals surface area contributed by atoms with E-state index >= 15 is 0 Å². The van der Waals surface area contributed by atoms with Crippen LogP contribution in [-0.2, 0) is 9.53 Å². The minimum atomic E-state index is -1.01. The van der Waals surface area contributed by atoms with E-state index in [1.54, 1.807) is 12.1 Å². The van der Waals surface area contributed by atoms with Gasteiger partial charge in [0.25, 0.3) is 0 Å². The van der Waals surface area contributed by atoms with Crippen LogP contribution in [0.2, 0.25) is 0 Å². The van der Waals surface area contributed by atoms with Gasteiger partial charge in [0.1, 0.15) is 6.61 Å². The third kappa shape index (κ3) is 5.34. The zero-order valence-electron chi connectivity index (χ0n) is 10.8. The van der Waals surface area contributed by atoms with Gasteiger partial charge in [-0.1, -0.05) is 12.7 Å². The fourth-order valence-corrected chi connectivity index (χ4v) is 1.39. The quantitative estimate of drug-likeness (QED) is 0.590. The van der Waals surface area contributed by atoms with E-state index in [1.165, 1.54) is 18.2 Å². The molecule has 0 aliphatic rings. The summed E-state index contributed by atoms with van der Waals surface area (Å²) in [5, 5.41) is 11.0. The molecule has 0 atom stereocenters. The molecule has 0 aromatic heterocycles. The number of nitrogens with one attached hydrogen (secondary N) is 1. The molecule has 106 valence electrons. The molecule has 1 aromatic rings. The molecule has 0 aliphatic carbocycles. The molecular formula is C14H15NO5. The van der Waals surface area contributed by atoms with Crippen molar-refractivity contribution in [2.75, 3.05) is 11.9 Å². The summed E-state index contributed by atoms with van der Waals surface area (Å²) < 4.78 is 4.74. The molecule has 0 spiro atoms. The number of carboxylic acid groups (broad SMARTS) is 1. The number of amides is 1. The molecule has 0 unspecified atom stereocenters. The molecule has 6 nitrogen and oxygen atoms in total. The molecule has 1 rings (SSSR count). The van der Waals surface area contributed by atoms with Crippen molar-refractivity contribution in [1.82, 2.24) is 0 Å². The summed E-state index contributed by atoms with van der Waals surface area (Å²) in [6.45, 7) is 3.52. The molecule has 0 saturated heterocycles. The molecule has 0 aliphatic heterocycles. The van der Waals surface area contributed by atoms with E-state index < -0.39 is 12.1 Å². The molecule has 1 amide bonds. The van der Waals surface area contributed by atoms with Crippen molar-refractivity contribution in [3.05, 3.63) is 42.5 Å². The number of hydrogen-bond acceptors (Lipinski definition) is 4. The Bertz CT molecular complexity index is 507. The number of anilines is 1. The second-order valence-corrected chi connectivity index (χ2v) is 3.91. The Labute approximate surface area is 116 Å². The first kappa shape index (κ1) is 15.4. The van der Waals surface area contributed by atoms with E-state index in [2.05, 4.69) is 11.9 Å². The SMILES string of the molecule is C=CCOC(=O)Nc1ccc(C(=O)CCC(=O)O)cc1. The summed E-state index contributed by atoms with van der Waals surface area (Å²) in [4.78, 5) is 33.3. The Hall–Kier alpha value is -2.63. The van der Waals surface area contributed by atoms with Gasteiger partial charge in [-0.3, -0.25) is 14.9 Å². The van der Waals surface area contributed by atoms with Crippen LogP contribution in [0, 0.1) is 0 Å². The standard InChI is InChI=1S/C14H15NO5/c1-2-9-20-14(19)15-11-5-3-10(4-6-11)12(16)7-8-13(17)18/h2-6H,1,7-9H2,(H,15,19)(H,17,18). The Kier molecular flexibility index (Phi) is 5.96. The van der Waals surface area contributed by atoms with Crippen LogP contribution in [0.3, 0.4) is 0 Å². The van der Waals surface area contributed by atoms with Gasteiger partial charge in [-0.2, -0.15) is 0 Å². The zero-order chi connectivity index (χ0) is 15.0. The molecule has 0 radical (unpaired) electrons. The van der Waals surface area contributed by atoms with E-state index in [0.717, 1.165) is 0 Å². The van der Waals surface area contributed by atoms with Crippen LogP contribution in [0.25, 0.3) is 0 Å². The van der Waals surface area contributed by atoms with Gasteiger partial charge in [0.05, 0.1) is 6.42 Å². The highest BCUT2D eigenvalue weighted by Crippen LogP contribution is 2.12. The lowest BCUT2D eigenvalue weighted by atomic mass is 10.1. The van der Waals surface area contributed by atoms with Gasteiger partial charge in [0, 0.05) is 17.7 Å². The lowest BCUT2D eigenvalue weighted by Crippen LogP contribution is -2.13. The van der Waals surface area contributed by atoms with Crippen LogP contribution in [0.1, 0.15) is 23.2 Å². The smallest absolute Gasteiger partial charge is 0.411 e. The number of hydrogen-bond donors (Lipinski definition) is 2. The highest BCUT2D eigenvalue weighted by atomic mass is 16.5. The number of aliphatic carboxylic acids is 1. The first-order chi connectivity index (χ1) is 9.52. The minimum Gasteiger partial charge on any atom is -0.481 e. The second-order valence-electron chi connectivity index (χ2n) is 3.91. The maximum atomic E-state index is 11.6. The van der Waals surface area contributed by atoms with Gasteiger partial charge in [-0.15, -0.1) is 0 Å². The molecule has 20 heavy (non-hydrogen) atoms. The Balaban J connectivity index is 2.55. The predicted octanol–water partition coefficient (Wildman–Crippen LogP) is 2.47. The minimum absolute atomic E-state index is 0.0521. The number of carbonyl (C=O) groups is 3. The lowest BCUT2D eigenvalue weighted by Gasteiger charge is -2.06. The van der Waals surface area contributed by atoms with E-state index in [0.29, 0.717) is 11.3 Å². The van der Waals surface area contributed by atoms with Crippen LogP contribution in [-0.4, -0.2) is 29.6 Å². The van der Waals surface area contributed by atoms with Crippen LogP contribution in [0.15, 0.2) is 36.9 Å². The maximum Gasteiger partial charge on any atom is 0.411 e. The summed E-state index contributed by atoms with van der Waals surface area (Å²) >= 11 is 0. The van der Waals surface area contributed by atoms with E-state index in [9.17, 15) is 14.4 Å². The van der Waals surface area contributed by atoms with Gasteiger partial charge in [-0.05, 0) is 24.3 Å². The molecule has 1 aromatic carbocycles. The Morgan fingerprint density at radius 3 is 2.40 bits per heavy atom. The van der Waals surface area contributed by atoms with Gasteiger partial charge in [-0.25, -0.2) is 4.79 Å². The predicted molar refractivity (Wildman–Crippen MR) is 72.8 cm³/mol. The van der Waals surface area contributed by atoms with E-state index in [-0.39, 0.29) is 25.2 Å². The number of ether oxygens (including phenoxy) is 1. The number of ketones is 1. The first-order valence-corrected chi connectivity index (χ1v) is 5.92. The molecule has 0 heterocycles. The third-order valence-corrected chi connectivity index (χ3v) is 2.35. The highest BCUT2D eigenvalue weighted by molar-refractivity contribution is 5.98. The second kappa shape index (κ2) is 7.73. The van der Waals surface area contributed by atoms with Crippen molar-refractivity contribution in [2.45, 2.75) is 12.8 Å². The summed E-state index contributed by atoms with van der Waals surface area (Å²) in [5.41, 5.74) is 0.880. The average Bonchev–Trinajstić information content (AvgIpc) is 2.43. The zero-order valence-corrected chi connectivity index (χ0v) is 10.8. The fraction of sp³-hybridized carbons (Fsp3) is 0.214. The van der Waals surface area contributed by atoms with Crippen LogP contribution in [0.5, 0.6) is 0 Å². The molecule has 0 bridgehead atoms. The first-order valence-electron chi connectivity index (χ1n) is 5.92. The normalized spacial score (nSPS) is 9.60. The number of carboxylic acids is 1. The molecule has 0 fully saturated rings. The van der Waals surface area contributed by atoms with E-state index in [1.807, 2.05) is 0 Å². The third-order valence-electron chi connectivity index (χ3n) is 2.35. The summed E-state index contributed by atoms with van der Waals surface area (Å²) in [7, 11) is 0. The number of carbonyl (C=O) groups excluding carboxylic acids is 2.